The van der Waals surface area contributed by atoms with Crippen molar-refractivity contribution in [3.05, 3.63) is 65.4 Å². The number of nitrogens with zero attached hydrogens (tertiary/aromatic N) is 3. The van der Waals surface area contributed by atoms with E-state index >= 15 is 0 Å². The van der Waals surface area contributed by atoms with Crippen LogP contribution in [0.1, 0.15) is 96.6 Å². The SMILES string of the molecule is CCc1nc2ccc(F)cc2nc1OC1CC2C(=O)NC3(C(=O)NS(=O)(=C=O)C4(C)CC4)CCC3C=CCCCCCC(NC(=O)C3=CCCC=C3F)C(=O)N2C1. The molecule has 2 saturated carbocycles. The predicted octanol–water partition coefficient (Wildman–Crippen LogP) is 4.46. The number of rotatable bonds is 8. The fraction of sp³-hybridized carbons (Fsp3) is 0.537. The van der Waals surface area contributed by atoms with E-state index in [2.05, 4.69) is 25.3 Å². The molecule has 3 N–H and O–H groups in total. The lowest BCUT2D eigenvalue weighted by Gasteiger charge is -2.48. The molecule has 304 valence electrons. The van der Waals surface area contributed by atoms with Gasteiger partial charge in [0.15, 0.2) is 0 Å². The molecule has 1 aromatic heterocycles. The van der Waals surface area contributed by atoms with E-state index in [1.54, 1.807) is 12.2 Å². The third-order valence-corrected chi connectivity index (χ3v) is 14.5. The lowest BCUT2D eigenvalue weighted by atomic mass is 9.65. The minimum absolute atomic E-state index is 0.0537. The molecule has 3 aliphatic carbocycles. The van der Waals surface area contributed by atoms with Crippen LogP contribution in [0.15, 0.2) is 53.9 Å². The van der Waals surface area contributed by atoms with Crippen LogP contribution in [0.3, 0.4) is 0 Å². The normalized spacial score (nSPS) is 28.4. The van der Waals surface area contributed by atoms with Crippen LogP contribution in [0, 0.1) is 11.7 Å². The van der Waals surface area contributed by atoms with E-state index in [-0.39, 0.29) is 42.8 Å². The van der Waals surface area contributed by atoms with E-state index < -0.39 is 79.4 Å². The Bertz CT molecular complexity index is 2230. The van der Waals surface area contributed by atoms with Crippen LogP contribution in [0.25, 0.3) is 11.0 Å². The molecule has 2 aromatic rings. The van der Waals surface area contributed by atoms with Crippen molar-refractivity contribution in [2.24, 2.45) is 5.92 Å². The summed E-state index contributed by atoms with van der Waals surface area (Å²) in [6.45, 7) is 3.38. The van der Waals surface area contributed by atoms with Crippen molar-refractivity contribution in [2.75, 3.05) is 6.54 Å². The molecule has 6 unspecified atom stereocenters. The Balaban J connectivity index is 1.23. The average Bonchev–Trinajstić information content (AvgIpc) is 3.82. The first-order chi connectivity index (χ1) is 27.3. The number of halogens is 2. The number of aromatic nitrogens is 2. The third-order valence-electron chi connectivity index (χ3n) is 12.0. The molecule has 5 aliphatic rings. The molecule has 0 radical (unpaired) electrons. The second-order valence-corrected chi connectivity index (χ2v) is 18.4. The van der Waals surface area contributed by atoms with Crippen LogP contribution in [0.4, 0.5) is 8.78 Å². The minimum Gasteiger partial charge on any atom is -0.471 e. The average molecular weight is 807 g/mol. The van der Waals surface area contributed by atoms with Crippen LogP contribution in [-0.2, 0) is 40.1 Å². The van der Waals surface area contributed by atoms with Crippen molar-refractivity contribution >= 4 is 49.6 Å². The number of amides is 4. The summed E-state index contributed by atoms with van der Waals surface area (Å²) in [6, 6.07) is 1.69. The molecule has 3 fully saturated rings. The molecular formula is C41H48F2N6O7S. The highest BCUT2D eigenvalue weighted by molar-refractivity contribution is 8.00. The van der Waals surface area contributed by atoms with Crippen LogP contribution in [0.5, 0.6) is 5.88 Å². The Morgan fingerprint density at radius 3 is 2.54 bits per heavy atom. The van der Waals surface area contributed by atoms with Crippen LogP contribution < -0.4 is 20.1 Å². The lowest BCUT2D eigenvalue weighted by Crippen LogP contribution is -2.70. The zero-order valence-electron chi connectivity index (χ0n) is 32.1. The zero-order chi connectivity index (χ0) is 40.5. The van der Waals surface area contributed by atoms with Crippen molar-refractivity contribution < 1.29 is 41.7 Å². The first kappa shape index (κ1) is 40.3. The standard InChI is InChI=1S/C41H48F2N6O7S/c1-3-30-37(46-33-21-26(42)15-16-31(33)44-30)56-27-22-34-36(52)47-41(39(54)48-57(55,24-50)40(2)19-20-40)18-17-25(41)11-7-5-4-6-8-14-32(38(53)49(34)23-27)45-35(51)28-12-9-10-13-29(28)43/h7,11-13,15-16,21,25,27,32,34H,3-6,8-10,14,17-20,22-23H2,1-2H3,(H,45,51)(H,47,52)(H,48,54,55). The van der Waals surface area contributed by atoms with Gasteiger partial charge in [-0.15, -0.1) is 0 Å². The fourth-order valence-electron chi connectivity index (χ4n) is 8.08. The number of benzene rings is 1. The molecule has 13 nitrogen and oxygen atoms in total. The van der Waals surface area contributed by atoms with Gasteiger partial charge in [0.1, 0.15) is 50.8 Å². The molecule has 16 heteroatoms. The highest BCUT2D eigenvalue weighted by atomic mass is 32.2. The number of carbonyl (C=O) groups excluding carboxylic acids is 5. The van der Waals surface area contributed by atoms with Crippen molar-refractivity contribution in [3.63, 3.8) is 0 Å². The van der Waals surface area contributed by atoms with Gasteiger partial charge in [0.05, 0.1) is 27.9 Å². The Hall–Kier alpha value is -4.95. The van der Waals surface area contributed by atoms with Gasteiger partial charge in [-0.05, 0) is 89.3 Å². The van der Waals surface area contributed by atoms with E-state index in [0.717, 1.165) is 6.42 Å². The summed E-state index contributed by atoms with van der Waals surface area (Å²) in [6.07, 6.45) is 11.6. The molecule has 0 bridgehead atoms. The Morgan fingerprint density at radius 1 is 1.05 bits per heavy atom. The van der Waals surface area contributed by atoms with Crippen molar-refractivity contribution in [3.8, 4) is 5.88 Å². The molecule has 1 aromatic carbocycles. The summed E-state index contributed by atoms with van der Waals surface area (Å²) < 4.78 is 50.6. The predicted molar refractivity (Wildman–Crippen MR) is 207 cm³/mol. The van der Waals surface area contributed by atoms with Gasteiger partial charge in [-0.3, -0.25) is 23.9 Å². The number of hydrogen-bond acceptors (Lipinski definition) is 9. The van der Waals surface area contributed by atoms with E-state index in [1.165, 1.54) is 35.3 Å². The second-order valence-electron chi connectivity index (χ2n) is 15.9. The van der Waals surface area contributed by atoms with Crippen molar-refractivity contribution in [1.82, 2.24) is 30.2 Å². The summed E-state index contributed by atoms with van der Waals surface area (Å²) in [5.74, 6) is -4.35. The summed E-state index contributed by atoms with van der Waals surface area (Å²) in [7, 11) is -3.60. The number of hydrogen-bond donors (Lipinski definition) is 3. The fourth-order valence-corrected chi connectivity index (χ4v) is 9.69. The van der Waals surface area contributed by atoms with Gasteiger partial charge in [0.25, 0.3) is 11.8 Å². The van der Waals surface area contributed by atoms with Crippen LogP contribution in [0.2, 0.25) is 0 Å². The number of ether oxygens (including phenoxy) is 1. The molecule has 57 heavy (non-hydrogen) atoms. The molecule has 6 atom stereocenters. The number of fused-ring (bicyclic) bond motifs is 3. The summed E-state index contributed by atoms with van der Waals surface area (Å²) >= 11 is 0. The molecule has 1 saturated heterocycles. The molecule has 4 amide bonds. The summed E-state index contributed by atoms with van der Waals surface area (Å²) in [4.78, 5) is 79.5. The Labute approximate surface area is 330 Å². The molecule has 2 aliphatic heterocycles. The molecule has 0 spiro atoms. The maximum Gasteiger partial charge on any atom is 0.258 e. The lowest BCUT2D eigenvalue weighted by molar-refractivity contribution is -0.145. The first-order valence-corrected chi connectivity index (χ1v) is 21.4. The topological polar surface area (TPSA) is 177 Å². The largest absolute Gasteiger partial charge is 0.471 e. The van der Waals surface area contributed by atoms with E-state index in [0.29, 0.717) is 69.0 Å². The number of nitrogens with one attached hydrogen (secondary N) is 3. The number of carbonyl (C=O) groups is 4. The first-order valence-electron chi connectivity index (χ1n) is 19.8. The van der Waals surface area contributed by atoms with E-state index in [1.807, 2.05) is 19.1 Å². The number of allylic oxidation sites excluding steroid dienone is 3. The zero-order valence-corrected chi connectivity index (χ0v) is 32.9. The van der Waals surface area contributed by atoms with E-state index in [4.69, 9.17) is 4.74 Å². The van der Waals surface area contributed by atoms with Gasteiger partial charge in [0, 0.05) is 18.4 Å². The summed E-state index contributed by atoms with van der Waals surface area (Å²) in [5, 5.41) is 7.27. The minimum atomic E-state index is -3.60. The highest BCUT2D eigenvalue weighted by Crippen LogP contribution is 2.45. The van der Waals surface area contributed by atoms with E-state index in [9.17, 15) is 37.0 Å². The summed E-state index contributed by atoms with van der Waals surface area (Å²) in [5.41, 5.74) is -0.535. The maximum atomic E-state index is 14.8. The second kappa shape index (κ2) is 16.1. The molecule has 7 rings (SSSR count). The van der Waals surface area contributed by atoms with Gasteiger partial charge >= 0.3 is 0 Å². The van der Waals surface area contributed by atoms with Crippen LogP contribution in [-0.4, -0.2) is 83.0 Å². The highest BCUT2D eigenvalue weighted by Gasteiger charge is 2.57. The smallest absolute Gasteiger partial charge is 0.258 e. The van der Waals surface area contributed by atoms with Gasteiger partial charge in [-0.25, -0.2) is 27.8 Å². The van der Waals surface area contributed by atoms with Crippen molar-refractivity contribution in [1.29, 1.82) is 0 Å². The Morgan fingerprint density at radius 2 is 1.84 bits per heavy atom. The van der Waals surface area contributed by atoms with Crippen molar-refractivity contribution in [2.45, 2.75) is 126 Å². The Kier molecular flexibility index (Phi) is 11.4. The quantitative estimate of drug-likeness (QED) is 0.257. The van der Waals surface area contributed by atoms with Crippen LogP contribution >= 0.6 is 0 Å². The van der Waals surface area contributed by atoms with Gasteiger partial charge in [0.2, 0.25) is 22.9 Å². The van der Waals surface area contributed by atoms with Gasteiger partial charge in [-0.2, -0.15) is 0 Å². The maximum absolute atomic E-state index is 14.8. The van der Waals surface area contributed by atoms with Gasteiger partial charge < -0.3 is 20.3 Å². The number of aryl methyl sites for hydroxylation is 1. The molecule has 3 heterocycles. The third kappa shape index (κ3) is 7.98. The molecular weight excluding hydrogens is 759 g/mol. The monoisotopic (exact) mass is 806 g/mol. The van der Waals surface area contributed by atoms with Gasteiger partial charge in [-0.1, -0.05) is 38.0 Å².